The molecule has 0 aromatic rings. The first kappa shape index (κ1) is 75.3. The van der Waals surface area contributed by atoms with Crippen molar-refractivity contribution in [2.75, 3.05) is 13.2 Å². The third-order valence-electron chi connectivity index (χ3n) is 14.6. The van der Waals surface area contributed by atoms with Crippen LogP contribution in [-0.2, 0) is 28.6 Å². The summed E-state index contributed by atoms with van der Waals surface area (Å²) in [4.78, 5) is 38.4. The number of ether oxygens (including phenoxy) is 3. The maximum Gasteiger partial charge on any atom is 0.306 e. The fraction of sp³-hybridized carbons (Fsp3) is 0.740. The van der Waals surface area contributed by atoms with Crippen LogP contribution in [0.15, 0.2) is 97.2 Å². The van der Waals surface area contributed by atoms with Crippen LogP contribution in [0.5, 0.6) is 0 Å². The molecule has 1 unspecified atom stereocenters. The number of hydrogen-bond donors (Lipinski definition) is 0. The Morgan fingerprint density at radius 1 is 0.266 bits per heavy atom. The minimum atomic E-state index is -0.804. The van der Waals surface area contributed by atoms with Crippen LogP contribution in [0, 0.1) is 0 Å². The van der Waals surface area contributed by atoms with Crippen LogP contribution < -0.4 is 0 Å². The van der Waals surface area contributed by atoms with Crippen LogP contribution in [-0.4, -0.2) is 37.2 Å². The van der Waals surface area contributed by atoms with Gasteiger partial charge in [-0.2, -0.15) is 0 Å². The fourth-order valence-corrected chi connectivity index (χ4v) is 9.60. The quantitative estimate of drug-likeness (QED) is 0.0261. The molecule has 0 heterocycles. The van der Waals surface area contributed by atoms with Crippen molar-refractivity contribution in [1.29, 1.82) is 0 Å². The highest BCUT2D eigenvalue weighted by Gasteiger charge is 2.19. The fourth-order valence-electron chi connectivity index (χ4n) is 9.60. The molecular weight excluding hydrogens is 973 g/mol. The molecule has 6 nitrogen and oxygen atoms in total. The molecule has 454 valence electrons. The Morgan fingerprint density at radius 2 is 0.494 bits per heavy atom. The van der Waals surface area contributed by atoms with E-state index in [9.17, 15) is 14.4 Å². The largest absolute Gasteiger partial charge is 0.462 e. The third kappa shape index (κ3) is 65.0. The summed E-state index contributed by atoms with van der Waals surface area (Å²) in [5, 5.41) is 0. The Kier molecular flexibility index (Phi) is 63.7. The van der Waals surface area contributed by atoms with Gasteiger partial charge in [-0.1, -0.05) is 311 Å². The van der Waals surface area contributed by atoms with Crippen LogP contribution in [0.25, 0.3) is 0 Å². The molecule has 0 bridgehead atoms. The molecule has 0 saturated carbocycles. The Balaban J connectivity index is 4.32. The second-order valence-corrected chi connectivity index (χ2v) is 22.3. The van der Waals surface area contributed by atoms with Gasteiger partial charge >= 0.3 is 17.9 Å². The van der Waals surface area contributed by atoms with Crippen LogP contribution in [0.1, 0.15) is 329 Å². The topological polar surface area (TPSA) is 78.9 Å². The summed E-state index contributed by atoms with van der Waals surface area (Å²) in [6.45, 7) is 6.41. The Labute approximate surface area is 489 Å². The predicted octanol–water partition coefficient (Wildman–Crippen LogP) is 23.2. The number of carbonyl (C=O) groups excluding carboxylic acids is 3. The first-order valence-electron chi connectivity index (χ1n) is 33.7. The van der Waals surface area contributed by atoms with Gasteiger partial charge in [-0.3, -0.25) is 14.4 Å². The minimum absolute atomic E-state index is 0.0948. The van der Waals surface area contributed by atoms with Crippen molar-refractivity contribution in [3.63, 3.8) is 0 Å². The van der Waals surface area contributed by atoms with Gasteiger partial charge in [0.25, 0.3) is 0 Å². The molecular formula is C73H126O6. The van der Waals surface area contributed by atoms with E-state index in [0.29, 0.717) is 12.8 Å². The van der Waals surface area contributed by atoms with E-state index in [0.717, 1.165) is 135 Å². The van der Waals surface area contributed by atoms with Gasteiger partial charge in [0, 0.05) is 19.3 Å². The minimum Gasteiger partial charge on any atom is -0.462 e. The van der Waals surface area contributed by atoms with Gasteiger partial charge in [0.2, 0.25) is 0 Å². The zero-order valence-electron chi connectivity index (χ0n) is 52.1. The number of hydrogen-bond acceptors (Lipinski definition) is 6. The van der Waals surface area contributed by atoms with Crippen molar-refractivity contribution in [1.82, 2.24) is 0 Å². The average Bonchev–Trinajstić information content (AvgIpc) is 3.45. The number of unbranched alkanes of at least 4 members (excludes halogenated alkanes) is 34. The summed E-state index contributed by atoms with van der Waals surface area (Å²) < 4.78 is 16.9. The van der Waals surface area contributed by atoms with Crippen molar-refractivity contribution in [3.8, 4) is 0 Å². The molecule has 0 N–H and O–H groups in total. The SMILES string of the molecule is CC/C=C\C/C=C\C/C=C\C/C=C\C/C=C\CCCCCC(=O)OC(COC(=O)CCCCCCC/C=C\C/C=C\C/C=C\CC)COC(=O)CCCCCCCCCCCCCCCCCCCCCCCCCCCCC. The van der Waals surface area contributed by atoms with Gasteiger partial charge in [-0.25, -0.2) is 0 Å². The van der Waals surface area contributed by atoms with E-state index in [1.807, 2.05) is 0 Å². The molecule has 0 spiro atoms. The van der Waals surface area contributed by atoms with Crippen molar-refractivity contribution < 1.29 is 28.6 Å². The summed E-state index contributed by atoms with van der Waals surface area (Å²) in [7, 11) is 0. The van der Waals surface area contributed by atoms with Gasteiger partial charge in [0.15, 0.2) is 6.10 Å². The van der Waals surface area contributed by atoms with Crippen molar-refractivity contribution in [3.05, 3.63) is 97.2 Å². The zero-order valence-corrected chi connectivity index (χ0v) is 52.1. The van der Waals surface area contributed by atoms with Gasteiger partial charge in [-0.05, 0) is 96.3 Å². The molecule has 0 aromatic carbocycles. The van der Waals surface area contributed by atoms with Gasteiger partial charge in [0.05, 0.1) is 0 Å². The maximum atomic E-state index is 12.9. The number of esters is 3. The third-order valence-corrected chi connectivity index (χ3v) is 14.6. The van der Waals surface area contributed by atoms with E-state index in [-0.39, 0.29) is 37.5 Å². The molecule has 1 atom stereocenters. The molecule has 0 aromatic heterocycles. The lowest BCUT2D eigenvalue weighted by atomic mass is 10.0. The molecule has 6 heteroatoms. The molecule has 0 aliphatic carbocycles. The van der Waals surface area contributed by atoms with E-state index in [4.69, 9.17) is 14.2 Å². The highest BCUT2D eigenvalue weighted by atomic mass is 16.6. The van der Waals surface area contributed by atoms with E-state index in [2.05, 4.69) is 118 Å². The van der Waals surface area contributed by atoms with E-state index < -0.39 is 6.10 Å². The highest BCUT2D eigenvalue weighted by Crippen LogP contribution is 2.18. The molecule has 0 saturated heterocycles. The summed E-state index contributed by atoms with van der Waals surface area (Å²) in [5.74, 6) is -0.933. The van der Waals surface area contributed by atoms with Crippen LogP contribution in [0.3, 0.4) is 0 Å². The van der Waals surface area contributed by atoms with Gasteiger partial charge in [0.1, 0.15) is 13.2 Å². The predicted molar refractivity (Wildman–Crippen MR) is 344 cm³/mol. The van der Waals surface area contributed by atoms with Crippen molar-refractivity contribution in [2.24, 2.45) is 0 Å². The highest BCUT2D eigenvalue weighted by molar-refractivity contribution is 5.71. The molecule has 0 rings (SSSR count). The van der Waals surface area contributed by atoms with E-state index >= 15 is 0 Å². The summed E-state index contributed by atoms with van der Waals surface area (Å²) in [6.07, 6.45) is 90.1. The first-order chi connectivity index (χ1) is 39.0. The van der Waals surface area contributed by atoms with Gasteiger partial charge in [-0.15, -0.1) is 0 Å². The standard InChI is InChI=1S/C73H126O6/c1-4-7-10-13-16-19-22-25-28-30-32-33-34-35-36-37-38-39-41-42-45-48-51-54-57-60-63-66-72(75)78-69-70(68-77-71(74)65-62-59-56-53-50-47-44-27-24-21-18-15-12-9-6-3)79-73(76)67-64-61-58-55-52-49-46-43-40-31-29-26-23-20-17-14-11-8-5-2/h8-9,11-12,17-18,20-21,26-27,29,40,43-44,49,52,70H,4-7,10,13-16,19,22-25,28,30-39,41-42,45-48,50-51,53-69H2,1-3H3/b11-8-,12-9-,20-17-,21-18-,29-26-,43-40-,44-27-,52-49-. The van der Waals surface area contributed by atoms with Crippen LogP contribution in [0.4, 0.5) is 0 Å². The van der Waals surface area contributed by atoms with Gasteiger partial charge < -0.3 is 14.2 Å². The summed E-state index contributed by atoms with van der Waals surface area (Å²) in [6, 6.07) is 0. The van der Waals surface area contributed by atoms with Crippen LogP contribution in [0.2, 0.25) is 0 Å². The number of allylic oxidation sites excluding steroid dienone is 16. The van der Waals surface area contributed by atoms with E-state index in [1.54, 1.807) is 0 Å². The molecule has 0 aliphatic heterocycles. The lowest BCUT2D eigenvalue weighted by Gasteiger charge is -2.18. The van der Waals surface area contributed by atoms with Crippen molar-refractivity contribution in [2.45, 2.75) is 335 Å². The molecule has 0 radical (unpaired) electrons. The lowest BCUT2D eigenvalue weighted by molar-refractivity contribution is -0.167. The van der Waals surface area contributed by atoms with Crippen LogP contribution >= 0.6 is 0 Å². The van der Waals surface area contributed by atoms with Crippen molar-refractivity contribution >= 4 is 17.9 Å². The monoisotopic (exact) mass is 1100 g/mol. The zero-order chi connectivity index (χ0) is 57.1. The molecule has 79 heavy (non-hydrogen) atoms. The normalized spacial score (nSPS) is 12.7. The molecule has 0 fully saturated rings. The molecule has 0 aliphatic rings. The Morgan fingerprint density at radius 3 is 0.785 bits per heavy atom. The Hall–Kier alpha value is -3.67. The number of carbonyl (C=O) groups is 3. The second kappa shape index (κ2) is 66.8. The van der Waals surface area contributed by atoms with E-state index in [1.165, 1.54) is 154 Å². The Bertz CT molecular complexity index is 1540. The number of rotatable bonds is 61. The smallest absolute Gasteiger partial charge is 0.306 e. The maximum absolute atomic E-state index is 12.9. The first-order valence-corrected chi connectivity index (χ1v) is 33.7. The lowest BCUT2D eigenvalue weighted by Crippen LogP contribution is -2.30. The average molecular weight is 1100 g/mol. The summed E-state index contributed by atoms with van der Waals surface area (Å²) in [5.41, 5.74) is 0. The summed E-state index contributed by atoms with van der Waals surface area (Å²) >= 11 is 0. The second-order valence-electron chi connectivity index (χ2n) is 22.3. The molecule has 0 amide bonds.